The van der Waals surface area contributed by atoms with Crippen LogP contribution in [0.4, 0.5) is 15.8 Å². The summed E-state index contributed by atoms with van der Waals surface area (Å²) in [4.78, 5) is 11.9. The molecule has 1 aromatic rings. The van der Waals surface area contributed by atoms with Crippen molar-refractivity contribution < 1.29 is 13.9 Å². The first-order valence-corrected chi connectivity index (χ1v) is 6.91. The normalized spacial score (nSPS) is 13.8. The van der Waals surface area contributed by atoms with Gasteiger partial charge in [-0.3, -0.25) is 4.79 Å². The standard InChI is InChI=1S/C15H23FN2O2/c1-4-5-10(2)9-20-11(3)15(19)18-12-6-7-13(16)14(17)8-12/h6-8,10-11H,4-5,9,17H2,1-3H3,(H,18,19). The average Bonchev–Trinajstić information content (AvgIpc) is 2.40. The number of hydrogen-bond acceptors (Lipinski definition) is 3. The van der Waals surface area contributed by atoms with Crippen molar-refractivity contribution in [3.8, 4) is 0 Å². The highest BCUT2D eigenvalue weighted by Crippen LogP contribution is 2.17. The van der Waals surface area contributed by atoms with E-state index < -0.39 is 11.9 Å². The maximum absolute atomic E-state index is 13.0. The summed E-state index contributed by atoms with van der Waals surface area (Å²) in [5.41, 5.74) is 5.92. The molecule has 0 aromatic heterocycles. The van der Waals surface area contributed by atoms with E-state index in [0.29, 0.717) is 18.2 Å². The summed E-state index contributed by atoms with van der Waals surface area (Å²) in [5, 5.41) is 2.65. The van der Waals surface area contributed by atoms with Gasteiger partial charge in [0.05, 0.1) is 12.3 Å². The topological polar surface area (TPSA) is 64.3 Å². The van der Waals surface area contributed by atoms with E-state index in [0.717, 1.165) is 12.8 Å². The number of benzene rings is 1. The third-order valence-corrected chi connectivity index (χ3v) is 3.04. The summed E-state index contributed by atoms with van der Waals surface area (Å²) in [6.07, 6.45) is 1.61. The van der Waals surface area contributed by atoms with Crippen LogP contribution in [0.15, 0.2) is 18.2 Å². The van der Waals surface area contributed by atoms with Gasteiger partial charge in [0.2, 0.25) is 0 Å². The molecule has 1 rings (SSSR count). The van der Waals surface area contributed by atoms with Crippen LogP contribution < -0.4 is 11.1 Å². The molecular formula is C15H23FN2O2. The van der Waals surface area contributed by atoms with Crippen LogP contribution in [0.5, 0.6) is 0 Å². The van der Waals surface area contributed by atoms with Gasteiger partial charge in [-0.2, -0.15) is 0 Å². The highest BCUT2D eigenvalue weighted by atomic mass is 19.1. The predicted octanol–water partition coefficient (Wildman–Crippen LogP) is 3.19. The van der Waals surface area contributed by atoms with E-state index in [4.69, 9.17) is 10.5 Å². The zero-order valence-electron chi connectivity index (χ0n) is 12.3. The van der Waals surface area contributed by atoms with Gasteiger partial charge in [0, 0.05) is 5.69 Å². The Balaban J connectivity index is 2.46. The summed E-state index contributed by atoms with van der Waals surface area (Å²) in [6.45, 7) is 6.45. The number of carbonyl (C=O) groups is 1. The van der Waals surface area contributed by atoms with Crippen molar-refractivity contribution in [2.24, 2.45) is 5.92 Å². The molecule has 0 heterocycles. The van der Waals surface area contributed by atoms with Crippen molar-refractivity contribution in [3.63, 3.8) is 0 Å². The van der Waals surface area contributed by atoms with E-state index in [1.807, 2.05) is 0 Å². The molecule has 0 aliphatic rings. The van der Waals surface area contributed by atoms with Gasteiger partial charge >= 0.3 is 0 Å². The van der Waals surface area contributed by atoms with Crippen LogP contribution in [0.3, 0.4) is 0 Å². The van der Waals surface area contributed by atoms with Crippen LogP contribution in [0.2, 0.25) is 0 Å². The quantitative estimate of drug-likeness (QED) is 0.755. The molecule has 3 N–H and O–H groups in total. The lowest BCUT2D eigenvalue weighted by Crippen LogP contribution is -2.29. The molecule has 5 heteroatoms. The fourth-order valence-corrected chi connectivity index (χ4v) is 1.83. The zero-order chi connectivity index (χ0) is 15.1. The minimum Gasteiger partial charge on any atom is -0.396 e. The Kier molecular flexibility index (Phi) is 6.45. The number of halogens is 1. The molecule has 1 aromatic carbocycles. The Labute approximate surface area is 119 Å². The maximum atomic E-state index is 13.0. The predicted molar refractivity (Wildman–Crippen MR) is 78.9 cm³/mol. The van der Waals surface area contributed by atoms with Gasteiger partial charge < -0.3 is 15.8 Å². The summed E-state index contributed by atoms with van der Waals surface area (Å²) in [5.74, 6) is -0.336. The summed E-state index contributed by atoms with van der Waals surface area (Å²) in [7, 11) is 0. The number of ether oxygens (including phenoxy) is 1. The van der Waals surface area contributed by atoms with Gasteiger partial charge in [-0.15, -0.1) is 0 Å². The molecule has 0 spiro atoms. The molecule has 1 amide bonds. The molecule has 20 heavy (non-hydrogen) atoms. The van der Waals surface area contributed by atoms with Crippen LogP contribution in [-0.2, 0) is 9.53 Å². The molecule has 0 bridgehead atoms. The second kappa shape index (κ2) is 7.85. The fraction of sp³-hybridized carbons (Fsp3) is 0.533. The first-order valence-electron chi connectivity index (χ1n) is 6.91. The average molecular weight is 282 g/mol. The SMILES string of the molecule is CCCC(C)COC(C)C(=O)Nc1ccc(F)c(N)c1. The van der Waals surface area contributed by atoms with Gasteiger partial charge in [-0.25, -0.2) is 4.39 Å². The summed E-state index contributed by atoms with van der Waals surface area (Å²) in [6, 6.07) is 4.08. The molecule has 2 atom stereocenters. The number of nitrogens with two attached hydrogens (primary N) is 1. The Morgan fingerprint density at radius 1 is 1.45 bits per heavy atom. The first kappa shape index (κ1) is 16.4. The molecule has 0 radical (unpaired) electrons. The van der Waals surface area contributed by atoms with Crippen LogP contribution >= 0.6 is 0 Å². The summed E-state index contributed by atoms with van der Waals surface area (Å²) < 4.78 is 18.5. The van der Waals surface area contributed by atoms with Crippen molar-refractivity contribution in [2.45, 2.75) is 39.7 Å². The van der Waals surface area contributed by atoms with E-state index in [1.165, 1.54) is 18.2 Å². The number of anilines is 2. The first-order chi connectivity index (χ1) is 9.43. The number of amides is 1. The molecule has 0 aliphatic heterocycles. The lowest BCUT2D eigenvalue weighted by Gasteiger charge is -2.16. The Hall–Kier alpha value is -1.62. The number of nitrogens with one attached hydrogen (secondary N) is 1. The third kappa shape index (κ3) is 5.17. The van der Waals surface area contributed by atoms with Gasteiger partial charge in [0.25, 0.3) is 5.91 Å². The van der Waals surface area contributed by atoms with Crippen LogP contribution in [0, 0.1) is 11.7 Å². The minimum atomic E-state index is -0.555. The molecule has 2 unspecified atom stereocenters. The van der Waals surface area contributed by atoms with Crippen LogP contribution in [-0.4, -0.2) is 18.6 Å². The van der Waals surface area contributed by atoms with Crippen molar-refractivity contribution in [1.82, 2.24) is 0 Å². The van der Waals surface area contributed by atoms with E-state index in [9.17, 15) is 9.18 Å². The number of rotatable bonds is 7. The zero-order valence-corrected chi connectivity index (χ0v) is 12.3. The fourth-order valence-electron chi connectivity index (χ4n) is 1.83. The molecule has 0 aliphatic carbocycles. The van der Waals surface area contributed by atoms with Gasteiger partial charge in [0.15, 0.2) is 0 Å². The van der Waals surface area contributed by atoms with Crippen molar-refractivity contribution in [2.75, 3.05) is 17.7 Å². The lowest BCUT2D eigenvalue weighted by molar-refractivity contribution is -0.127. The van der Waals surface area contributed by atoms with Crippen LogP contribution in [0.1, 0.15) is 33.6 Å². The number of hydrogen-bond donors (Lipinski definition) is 2. The molecular weight excluding hydrogens is 259 g/mol. The van der Waals surface area contributed by atoms with E-state index in [2.05, 4.69) is 19.2 Å². The van der Waals surface area contributed by atoms with Gasteiger partial charge in [-0.05, 0) is 37.5 Å². The maximum Gasteiger partial charge on any atom is 0.253 e. The molecule has 112 valence electrons. The van der Waals surface area contributed by atoms with E-state index in [1.54, 1.807) is 6.92 Å². The molecule has 0 saturated heterocycles. The summed E-state index contributed by atoms with van der Waals surface area (Å²) >= 11 is 0. The molecule has 0 saturated carbocycles. The van der Waals surface area contributed by atoms with E-state index >= 15 is 0 Å². The lowest BCUT2D eigenvalue weighted by atomic mass is 10.1. The third-order valence-electron chi connectivity index (χ3n) is 3.04. The van der Waals surface area contributed by atoms with Gasteiger partial charge in [0.1, 0.15) is 11.9 Å². The number of carbonyl (C=O) groups excluding carboxylic acids is 1. The highest BCUT2D eigenvalue weighted by molar-refractivity contribution is 5.94. The molecule has 4 nitrogen and oxygen atoms in total. The Morgan fingerprint density at radius 3 is 2.75 bits per heavy atom. The Bertz CT molecular complexity index is 451. The smallest absolute Gasteiger partial charge is 0.253 e. The van der Waals surface area contributed by atoms with Crippen molar-refractivity contribution >= 4 is 17.3 Å². The second-order valence-corrected chi connectivity index (χ2v) is 5.09. The van der Waals surface area contributed by atoms with E-state index in [-0.39, 0.29) is 11.6 Å². The van der Waals surface area contributed by atoms with Crippen molar-refractivity contribution in [3.05, 3.63) is 24.0 Å². The Morgan fingerprint density at radius 2 is 2.15 bits per heavy atom. The highest BCUT2D eigenvalue weighted by Gasteiger charge is 2.15. The molecule has 0 fully saturated rings. The monoisotopic (exact) mass is 282 g/mol. The second-order valence-electron chi connectivity index (χ2n) is 5.09. The minimum absolute atomic E-state index is 0.00735. The van der Waals surface area contributed by atoms with Crippen molar-refractivity contribution in [1.29, 1.82) is 0 Å². The van der Waals surface area contributed by atoms with Crippen LogP contribution in [0.25, 0.3) is 0 Å². The number of nitrogen functional groups attached to an aromatic ring is 1. The van der Waals surface area contributed by atoms with Gasteiger partial charge in [-0.1, -0.05) is 20.3 Å². The largest absolute Gasteiger partial charge is 0.396 e.